The maximum absolute atomic E-state index is 12.5. The van der Waals surface area contributed by atoms with E-state index in [1.165, 1.54) is 0 Å². The predicted molar refractivity (Wildman–Crippen MR) is 122 cm³/mol. The van der Waals surface area contributed by atoms with Crippen LogP contribution in [0.4, 0.5) is 9.59 Å². The van der Waals surface area contributed by atoms with Gasteiger partial charge in [0.1, 0.15) is 12.7 Å². The van der Waals surface area contributed by atoms with E-state index in [4.69, 9.17) is 14.2 Å². The van der Waals surface area contributed by atoms with Gasteiger partial charge < -0.3 is 24.4 Å². The van der Waals surface area contributed by atoms with Crippen LogP contribution in [0.5, 0.6) is 0 Å². The normalized spacial score (nSPS) is 21.2. The van der Waals surface area contributed by atoms with Crippen molar-refractivity contribution in [2.24, 2.45) is 5.41 Å². The first-order valence-electron chi connectivity index (χ1n) is 11.8. The first-order valence-corrected chi connectivity index (χ1v) is 11.8. The lowest BCUT2D eigenvalue weighted by atomic mass is 9.86. The molecule has 0 bridgehead atoms. The Labute approximate surface area is 191 Å². The van der Waals surface area contributed by atoms with Gasteiger partial charge in [0.05, 0.1) is 18.2 Å². The Kier molecular flexibility index (Phi) is 8.04. The fraction of sp³-hybridized carbons (Fsp3) is 0.680. The molecule has 1 aromatic carbocycles. The largest absolute Gasteiger partial charge is 0.446 e. The van der Waals surface area contributed by atoms with Gasteiger partial charge in [0.25, 0.3) is 0 Å². The summed E-state index contributed by atoms with van der Waals surface area (Å²) in [5.41, 5.74) is 0.589. The Balaban J connectivity index is 1.42. The number of hydrogen-bond donors (Lipinski definition) is 1. The monoisotopic (exact) mass is 446 g/mol. The van der Waals surface area contributed by atoms with E-state index in [2.05, 4.69) is 33.0 Å². The zero-order chi connectivity index (χ0) is 23.2. The summed E-state index contributed by atoms with van der Waals surface area (Å²) in [7, 11) is 0. The number of piperidine rings is 1. The smallest absolute Gasteiger partial charge is 0.410 e. The van der Waals surface area contributed by atoms with Crippen LogP contribution >= 0.6 is 0 Å². The molecular formula is C25H38N2O5. The summed E-state index contributed by atoms with van der Waals surface area (Å²) < 4.78 is 17.3. The summed E-state index contributed by atoms with van der Waals surface area (Å²) in [5, 5.41) is 2.99. The summed E-state index contributed by atoms with van der Waals surface area (Å²) in [6, 6.07) is 9.61. The summed E-state index contributed by atoms with van der Waals surface area (Å²) in [6.07, 6.45) is 3.25. The van der Waals surface area contributed by atoms with Crippen molar-refractivity contribution in [2.75, 3.05) is 19.7 Å². The third-order valence-corrected chi connectivity index (χ3v) is 6.44. The molecule has 7 nitrogen and oxygen atoms in total. The van der Waals surface area contributed by atoms with E-state index in [9.17, 15) is 9.59 Å². The van der Waals surface area contributed by atoms with Crippen LogP contribution in [-0.4, -0.2) is 54.5 Å². The Morgan fingerprint density at radius 1 is 1.22 bits per heavy atom. The van der Waals surface area contributed by atoms with Crippen molar-refractivity contribution < 1.29 is 23.8 Å². The number of likely N-dealkylation sites (tertiary alicyclic amines) is 1. The van der Waals surface area contributed by atoms with E-state index in [1.807, 2.05) is 30.3 Å². The molecule has 2 atom stereocenters. The molecule has 32 heavy (non-hydrogen) atoms. The number of alkyl carbamates (subject to hydrolysis) is 1. The Morgan fingerprint density at radius 2 is 1.91 bits per heavy atom. The molecule has 2 fully saturated rings. The lowest BCUT2D eigenvalue weighted by molar-refractivity contribution is -0.0423. The van der Waals surface area contributed by atoms with Crippen LogP contribution in [0.15, 0.2) is 30.3 Å². The predicted octanol–water partition coefficient (Wildman–Crippen LogP) is 4.89. The number of hydrogen-bond acceptors (Lipinski definition) is 5. The number of carbonyl (C=O) groups excluding carboxylic acids is 2. The summed E-state index contributed by atoms with van der Waals surface area (Å²) in [5.74, 6) is 0. The van der Waals surface area contributed by atoms with Crippen LogP contribution in [0.1, 0.15) is 65.4 Å². The fourth-order valence-corrected chi connectivity index (χ4v) is 4.45. The quantitative estimate of drug-likeness (QED) is 0.673. The molecule has 3 rings (SSSR count). The van der Waals surface area contributed by atoms with E-state index in [0.717, 1.165) is 37.7 Å². The van der Waals surface area contributed by atoms with Gasteiger partial charge in [0, 0.05) is 13.1 Å². The van der Waals surface area contributed by atoms with Crippen molar-refractivity contribution in [1.29, 1.82) is 0 Å². The Morgan fingerprint density at radius 3 is 2.53 bits per heavy atom. The van der Waals surface area contributed by atoms with E-state index >= 15 is 0 Å². The molecule has 1 aromatic rings. The van der Waals surface area contributed by atoms with Crippen LogP contribution in [0.3, 0.4) is 0 Å². The molecule has 0 aliphatic carbocycles. The second-order valence-corrected chi connectivity index (χ2v) is 10.1. The van der Waals surface area contributed by atoms with Crippen LogP contribution in [-0.2, 0) is 20.8 Å². The van der Waals surface area contributed by atoms with Crippen molar-refractivity contribution >= 4 is 12.2 Å². The topological polar surface area (TPSA) is 77.1 Å². The zero-order valence-electron chi connectivity index (χ0n) is 19.9. The first kappa shape index (κ1) is 24.4. The zero-order valence-corrected chi connectivity index (χ0v) is 19.9. The molecule has 0 radical (unpaired) electrons. The standard InChI is InChI=1S/C25H38N2O5/c1-5-9-21(24(2,3)4)32-22(28)26-20-16-25(31-18-20)12-14-27(15-13-25)23(29)30-17-19-10-7-6-8-11-19/h6-8,10-11,20-21H,5,9,12-18H2,1-4H3,(H,26,28). The van der Waals surface area contributed by atoms with Crippen molar-refractivity contribution in [3.8, 4) is 0 Å². The Bertz CT molecular complexity index is 753. The van der Waals surface area contributed by atoms with Crippen molar-refractivity contribution in [3.63, 3.8) is 0 Å². The number of benzene rings is 1. The first-order chi connectivity index (χ1) is 15.2. The number of amides is 2. The molecule has 1 spiro atoms. The van der Waals surface area contributed by atoms with E-state index in [1.54, 1.807) is 4.90 Å². The highest BCUT2D eigenvalue weighted by Crippen LogP contribution is 2.36. The fourth-order valence-electron chi connectivity index (χ4n) is 4.45. The van der Waals surface area contributed by atoms with Gasteiger partial charge in [-0.1, -0.05) is 64.4 Å². The molecule has 2 heterocycles. The van der Waals surface area contributed by atoms with Gasteiger partial charge in [-0.2, -0.15) is 0 Å². The molecule has 2 aliphatic heterocycles. The second-order valence-electron chi connectivity index (χ2n) is 10.1. The highest BCUT2D eigenvalue weighted by atomic mass is 16.6. The van der Waals surface area contributed by atoms with Crippen LogP contribution < -0.4 is 5.32 Å². The van der Waals surface area contributed by atoms with Crippen LogP contribution in [0.25, 0.3) is 0 Å². The number of ether oxygens (including phenoxy) is 3. The van der Waals surface area contributed by atoms with Crippen molar-refractivity contribution in [3.05, 3.63) is 35.9 Å². The molecule has 7 heteroatoms. The molecule has 1 N–H and O–H groups in total. The maximum atomic E-state index is 12.5. The van der Waals surface area contributed by atoms with Gasteiger partial charge in [-0.25, -0.2) is 9.59 Å². The molecule has 0 saturated carbocycles. The molecule has 2 amide bonds. The van der Waals surface area contributed by atoms with Gasteiger partial charge in [-0.15, -0.1) is 0 Å². The molecule has 0 aromatic heterocycles. The minimum absolute atomic E-state index is 0.0682. The molecule has 2 aliphatic rings. The molecular weight excluding hydrogens is 408 g/mol. The Hall–Kier alpha value is -2.28. The van der Waals surface area contributed by atoms with E-state index < -0.39 is 0 Å². The highest BCUT2D eigenvalue weighted by Gasteiger charge is 2.44. The van der Waals surface area contributed by atoms with Gasteiger partial charge in [-0.05, 0) is 36.7 Å². The minimum Gasteiger partial charge on any atom is -0.446 e. The van der Waals surface area contributed by atoms with Gasteiger partial charge in [0.2, 0.25) is 0 Å². The summed E-state index contributed by atoms with van der Waals surface area (Å²) in [4.78, 5) is 26.6. The number of rotatable bonds is 6. The van der Waals surface area contributed by atoms with Crippen molar-refractivity contribution in [2.45, 2.75) is 84.2 Å². The minimum atomic E-state index is -0.369. The third-order valence-electron chi connectivity index (χ3n) is 6.44. The number of nitrogens with one attached hydrogen (secondary N) is 1. The van der Waals surface area contributed by atoms with Gasteiger partial charge >= 0.3 is 12.2 Å². The molecule has 2 saturated heterocycles. The average molecular weight is 447 g/mol. The average Bonchev–Trinajstić information content (AvgIpc) is 3.14. The second kappa shape index (κ2) is 10.6. The van der Waals surface area contributed by atoms with E-state index in [-0.39, 0.29) is 42.0 Å². The third kappa shape index (κ3) is 6.61. The number of carbonyl (C=O) groups is 2. The van der Waals surface area contributed by atoms with Gasteiger partial charge in [-0.3, -0.25) is 0 Å². The lowest BCUT2D eigenvalue weighted by Crippen LogP contribution is -2.47. The summed E-state index contributed by atoms with van der Waals surface area (Å²) >= 11 is 0. The number of nitrogens with zero attached hydrogens (tertiary/aromatic N) is 1. The van der Waals surface area contributed by atoms with Gasteiger partial charge in [0.15, 0.2) is 0 Å². The molecule has 2 unspecified atom stereocenters. The molecule has 178 valence electrons. The lowest BCUT2D eigenvalue weighted by Gasteiger charge is -2.38. The van der Waals surface area contributed by atoms with Crippen LogP contribution in [0, 0.1) is 5.41 Å². The van der Waals surface area contributed by atoms with E-state index in [0.29, 0.717) is 19.7 Å². The summed E-state index contributed by atoms with van der Waals surface area (Å²) in [6.45, 7) is 10.3. The van der Waals surface area contributed by atoms with Crippen LogP contribution in [0.2, 0.25) is 0 Å². The SMILES string of the molecule is CCCC(OC(=O)NC1COC2(CCN(C(=O)OCc3ccccc3)CC2)C1)C(C)(C)C. The maximum Gasteiger partial charge on any atom is 0.410 e. The highest BCUT2D eigenvalue weighted by molar-refractivity contribution is 5.68. The van der Waals surface area contributed by atoms with Crippen molar-refractivity contribution in [1.82, 2.24) is 10.2 Å².